The smallest absolute Gasteiger partial charge is 0.267 e. The average Bonchev–Trinajstić information content (AvgIpc) is 2.46. The van der Waals surface area contributed by atoms with Crippen molar-refractivity contribution in [2.45, 2.75) is 0 Å². The van der Waals surface area contributed by atoms with Gasteiger partial charge in [0.2, 0.25) is 0 Å². The van der Waals surface area contributed by atoms with E-state index in [2.05, 4.69) is 10.9 Å². The highest BCUT2D eigenvalue weighted by molar-refractivity contribution is 6.30. The van der Waals surface area contributed by atoms with Gasteiger partial charge >= 0.3 is 0 Å². The van der Waals surface area contributed by atoms with Crippen LogP contribution in [0.25, 0.3) is 0 Å². The molecule has 0 aliphatic carbocycles. The molecule has 0 aromatic heterocycles. The van der Waals surface area contributed by atoms with Crippen LogP contribution in [0.5, 0.6) is 0 Å². The minimum absolute atomic E-state index is 0.372. The van der Waals surface area contributed by atoms with Gasteiger partial charge in [-0.3, -0.25) is 20.4 Å². The average molecular weight is 275 g/mol. The van der Waals surface area contributed by atoms with Gasteiger partial charge in [0.1, 0.15) is 0 Å². The number of rotatable bonds is 2. The molecule has 0 unspecified atom stereocenters. The third kappa shape index (κ3) is 3.56. The highest BCUT2D eigenvalue weighted by atomic mass is 35.5. The summed E-state index contributed by atoms with van der Waals surface area (Å²) in [5.74, 6) is -0.774. The summed E-state index contributed by atoms with van der Waals surface area (Å²) in [5, 5.41) is 0.546. The molecule has 2 rings (SSSR count). The zero-order valence-corrected chi connectivity index (χ0v) is 10.6. The summed E-state index contributed by atoms with van der Waals surface area (Å²) >= 11 is 5.72. The van der Waals surface area contributed by atoms with Gasteiger partial charge in [-0.25, -0.2) is 0 Å². The van der Waals surface area contributed by atoms with Gasteiger partial charge in [0.05, 0.1) is 0 Å². The van der Waals surface area contributed by atoms with Gasteiger partial charge < -0.3 is 0 Å². The van der Waals surface area contributed by atoms with E-state index in [0.29, 0.717) is 16.1 Å². The van der Waals surface area contributed by atoms with Crippen LogP contribution in [0.2, 0.25) is 5.02 Å². The number of halogens is 1. The molecule has 2 amide bonds. The van der Waals surface area contributed by atoms with Crippen molar-refractivity contribution in [1.82, 2.24) is 10.9 Å². The first-order chi connectivity index (χ1) is 9.16. The third-order valence-corrected chi connectivity index (χ3v) is 2.68. The molecule has 0 heterocycles. The van der Waals surface area contributed by atoms with Crippen LogP contribution in [0.1, 0.15) is 20.7 Å². The monoisotopic (exact) mass is 274 g/mol. The first-order valence-electron chi connectivity index (χ1n) is 5.58. The standard InChI is InChI=1S/C14H11ClN2O2/c15-12-8-6-11(7-9-12)14(19)17-16-13(18)10-4-2-1-3-5-10/h1-9H,(H,16,18)(H,17,19). The first-order valence-corrected chi connectivity index (χ1v) is 5.96. The molecule has 0 aliphatic rings. The lowest BCUT2D eigenvalue weighted by Crippen LogP contribution is -2.41. The number of hydrazine groups is 1. The van der Waals surface area contributed by atoms with Crippen molar-refractivity contribution in [2.75, 3.05) is 0 Å². The number of nitrogens with one attached hydrogen (secondary N) is 2. The van der Waals surface area contributed by atoms with Gasteiger partial charge in [-0.2, -0.15) is 0 Å². The number of carbonyl (C=O) groups is 2. The van der Waals surface area contributed by atoms with E-state index in [0.717, 1.165) is 0 Å². The highest BCUT2D eigenvalue weighted by Gasteiger charge is 2.08. The maximum absolute atomic E-state index is 11.7. The van der Waals surface area contributed by atoms with Crippen LogP contribution in [0.15, 0.2) is 54.6 Å². The van der Waals surface area contributed by atoms with Gasteiger partial charge in [-0.05, 0) is 36.4 Å². The van der Waals surface area contributed by atoms with Crippen LogP contribution < -0.4 is 10.9 Å². The highest BCUT2D eigenvalue weighted by Crippen LogP contribution is 2.09. The Labute approximate surface area is 115 Å². The Morgan fingerprint density at radius 3 is 1.74 bits per heavy atom. The fraction of sp³-hybridized carbons (Fsp3) is 0. The van der Waals surface area contributed by atoms with Gasteiger partial charge in [0.15, 0.2) is 0 Å². The summed E-state index contributed by atoms with van der Waals surface area (Å²) in [5.41, 5.74) is 5.56. The van der Waals surface area contributed by atoms with E-state index >= 15 is 0 Å². The van der Waals surface area contributed by atoms with Gasteiger partial charge in [0.25, 0.3) is 11.8 Å². The molecule has 0 spiro atoms. The molecule has 0 saturated carbocycles. The molecule has 0 atom stereocenters. The quantitative estimate of drug-likeness (QED) is 0.826. The van der Waals surface area contributed by atoms with Crippen molar-refractivity contribution in [3.05, 3.63) is 70.7 Å². The number of benzene rings is 2. The van der Waals surface area contributed by atoms with Crippen LogP contribution in [0.4, 0.5) is 0 Å². The topological polar surface area (TPSA) is 58.2 Å². The normalized spacial score (nSPS) is 9.74. The molecule has 4 nitrogen and oxygen atoms in total. The first kappa shape index (κ1) is 13.1. The van der Waals surface area contributed by atoms with E-state index in [1.54, 1.807) is 48.5 Å². The van der Waals surface area contributed by atoms with E-state index < -0.39 is 5.91 Å². The Kier molecular flexibility index (Phi) is 4.15. The van der Waals surface area contributed by atoms with Crippen molar-refractivity contribution >= 4 is 23.4 Å². The Hall–Kier alpha value is -2.33. The molecule has 2 aromatic rings. The van der Waals surface area contributed by atoms with Gasteiger partial charge in [-0.1, -0.05) is 29.8 Å². The maximum Gasteiger partial charge on any atom is 0.269 e. The van der Waals surface area contributed by atoms with Crippen molar-refractivity contribution in [1.29, 1.82) is 0 Å². The largest absolute Gasteiger partial charge is 0.269 e. The zero-order valence-electron chi connectivity index (χ0n) is 9.89. The SMILES string of the molecule is O=C(NNC(=O)c1ccc(Cl)cc1)c1ccccc1. The number of amides is 2. The lowest BCUT2D eigenvalue weighted by Gasteiger charge is -2.07. The van der Waals surface area contributed by atoms with Crippen LogP contribution in [0.3, 0.4) is 0 Å². The second-order valence-electron chi connectivity index (χ2n) is 3.78. The lowest BCUT2D eigenvalue weighted by molar-refractivity contribution is 0.0846. The Morgan fingerprint density at radius 2 is 1.21 bits per heavy atom. The fourth-order valence-electron chi connectivity index (χ4n) is 1.45. The summed E-state index contributed by atoms with van der Waals surface area (Å²) in [6.45, 7) is 0. The van der Waals surface area contributed by atoms with Crippen molar-refractivity contribution in [2.24, 2.45) is 0 Å². The van der Waals surface area contributed by atoms with Gasteiger partial charge in [-0.15, -0.1) is 0 Å². The minimum atomic E-state index is -0.402. The second-order valence-corrected chi connectivity index (χ2v) is 4.22. The van der Waals surface area contributed by atoms with Crippen LogP contribution in [-0.2, 0) is 0 Å². The molecule has 0 radical (unpaired) electrons. The Morgan fingerprint density at radius 1 is 0.737 bits per heavy atom. The van der Waals surface area contributed by atoms with E-state index in [1.807, 2.05) is 6.07 Å². The summed E-state index contributed by atoms with van der Waals surface area (Å²) < 4.78 is 0. The summed E-state index contributed by atoms with van der Waals surface area (Å²) in [4.78, 5) is 23.4. The van der Waals surface area contributed by atoms with Crippen LogP contribution in [-0.4, -0.2) is 11.8 Å². The minimum Gasteiger partial charge on any atom is -0.267 e. The van der Waals surface area contributed by atoms with E-state index in [-0.39, 0.29) is 5.91 Å². The zero-order chi connectivity index (χ0) is 13.7. The van der Waals surface area contributed by atoms with Crippen LogP contribution >= 0.6 is 11.6 Å². The summed E-state index contributed by atoms with van der Waals surface area (Å²) in [7, 11) is 0. The van der Waals surface area contributed by atoms with E-state index in [9.17, 15) is 9.59 Å². The second kappa shape index (κ2) is 6.02. The predicted molar refractivity (Wildman–Crippen MR) is 72.8 cm³/mol. The number of hydrogen-bond donors (Lipinski definition) is 2. The molecule has 0 aliphatic heterocycles. The van der Waals surface area contributed by atoms with Crippen molar-refractivity contribution in [3.8, 4) is 0 Å². The molecule has 2 N–H and O–H groups in total. The Balaban J connectivity index is 1.94. The van der Waals surface area contributed by atoms with Crippen molar-refractivity contribution < 1.29 is 9.59 Å². The number of hydrogen-bond acceptors (Lipinski definition) is 2. The molecule has 0 saturated heterocycles. The maximum atomic E-state index is 11.7. The molecular formula is C14H11ClN2O2. The van der Waals surface area contributed by atoms with Crippen LogP contribution in [0, 0.1) is 0 Å². The van der Waals surface area contributed by atoms with E-state index in [4.69, 9.17) is 11.6 Å². The van der Waals surface area contributed by atoms with E-state index in [1.165, 1.54) is 0 Å². The summed E-state index contributed by atoms with van der Waals surface area (Å²) in [6.07, 6.45) is 0. The number of carbonyl (C=O) groups excluding carboxylic acids is 2. The predicted octanol–water partition coefficient (Wildman–Crippen LogP) is 2.41. The van der Waals surface area contributed by atoms with Crippen molar-refractivity contribution in [3.63, 3.8) is 0 Å². The summed E-state index contributed by atoms with van der Waals surface area (Å²) in [6, 6.07) is 15.0. The Bertz CT molecular complexity index is 582. The molecular weight excluding hydrogens is 264 g/mol. The van der Waals surface area contributed by atoms with Gasteiger partial charge in [0, 0.05) is 16.1 Å². The molecule has 2 aromatic carbocycles. The molecule has 19 heavy (non-hydrogen) atoms. The molecule has 0 fully saturated rings. The molecule has 96 valence electrons. The third-order valence-electron chi connectivity index (χ3n) is 2.43. The molecule has 0 bridgehead atoms. The lowest BCUT2D eigenvalue weighted by atomic mass is 10.2. The fourth-order valence-corrected chi connectivity index (χ4v) is 1.57. The molecule has 5 heteroatoms.